The maximum absolute atomic E-state index is 9.93. The summed E-state index contributed by atoms with van der Waals surface area (Å²) >= 11 is 3.36. The van der Waals surface area contributed by atoms with Crippen LogP contribution >= 0.6 is 15.9 Å². The number of aliphatic hydroxyl groups is 1. The van der Waals surface area contributed by atoms with Crippen LogP contribution in [0.15, 0.2) is 51.6 Å². The van der Waals surface area contributed by atoms with Crippen LogP contribution in [0, 0.1) is 0 Å². The molecule has 0 fully saturated rings. The van der Waals surface area contributed by atoms with Crippen molar-refractivity contribution in [1.82, 2.24) is 5.32 Å². The van der Waals surface area contributed by atoms with Crippen molar-refractivity contribution in [2.75, 3.05) is 6.54 Å². The third-order valence-electron chi connectivity index (χ3n) is 2.47. The van der Waals surface area contributed by atoms with Crippen LogP contribution in [0.25, 0.3) is 0 Å². The standard InChI is InChI=1S/C13H14BrNO2/c14-11-5-3-10(4-6-11)13(16)9-15-8-12-2-1-7-17-12/h1-7,13,15-16H,8-9H2. The van der Waals surface area contributed by atoms with Crippen LogP contribution in [-0.2, 0) is 6.54 Å². The highest BCUT2D eigenvalue weighted by atomic mass is 79.9. The summed E-state index contributed by atoms with van der Waals surface area (Å²) in [6.45, 7) is 1.13. The lowest BCUT2D eigenvalue weighted by Gasteiger charge is -2.11. The van der Waals surface area contributed by atoms with Gasteiger partial charge < -0.3 is 14.8 Å². The molecule has 90 valence electrons. The van der Waals surface area contributed by atoms with Gasteiger partial charge in [0.15, 0.2) is 0 Å². The molecule has 2 N–H and O–H groups in total. The molecule has 0 aliphatic heterocycles. The molecule has 3 nitrogen and oxygen atoms in total. The summed E-state index contributed by atoms with van der Waals surface area (Å²) in [6, 6.07) is 11.4. The normalized spacial score (nSPS) is 12.6. The Morgan fingerprint density at radius 3 is 2.65 bits per heavy atom. The van der Waals surface area contributed by atoms with Gasteiger partial charge in [0, 0.05) is 11.0 Å². The first-order valence-electron chi connectivity index (χ1n) is 5.42. The molecule has 2 aromatic rings. The molecule has 1 aromatic carbocycles. The Kier molecular flexibility index (Phi) is 4.36. The van der Waals surface area contributed by atoms with Gasteiger partial charge in [-0.1, -0.05) is 28.1 Å². The van der Waals surface area contributed by atoms with Crippen molar-refractivity contribution in [1.29, 1.82) is 0 Å². The Bertz CT molecular complexity index is 439. The Hall–Kier alpha value is -1.10. The second-order valence-corrected chi connectivity index (χ2v) is 4.69. The van der Waals surface area contributed by atoms with Gasteiger partial charge >= 0.3 is 0 Å². The molecule has 1 unspecified atom stereocenters. The predicted molar refractivity (Wildman–Crippen MR) is 69.5 cm³/mol. The van der Waals surface area contributed by atoms with Crippen molar-refractivity contribution >= 4 is 15.9 Å². The summed E-state index contributed by atoms with van der Waals surface area (Å²) < 4.78 is 6.20. The largest absolute Gasteiger partial charge is 0.468 e. The zero-order valence-corrected chi connectivity index (χ0v) is 10.9. The zero-order valence-electron chi connectivity index (χ0n) is 9.27. The van der Waals surface area contributed by atoms with Gasteiger partial charge in [-0.2, -0.15) is 0 Å². The van der Waals surface area contributed by atoms with Gasteiger partial charge in [0.05, 0.1) is 18.9 Å². The van der Waals surface area contributed by atoms with Gasteiger partial charge in [-0.3, -0.25) is 0 Å². The average molecular weight is 296 g/mol. The fraction of sp³-hybridized carbons (Fsp3) is 0.231. The molecular weight excluding hydrogens is 282 g/mol. The van der Waals surface area contributed by atoms with Crippen molar-refractivity contribution < 1.29 is 9.52 Å². The summed E-state index contributed by atoms with van der Waals surface area (Å²) in [5.74, 6) is 0.869. The van der Waals surface area contributed by atoms with Gasteiger partial charge in [0.2, 0.25) is 0 Å². The van der Waals surface area contributed by atoms with Crippen molar-refractivity contribution in [3.8, 4) is 0 Å². The first-order valence-corrected chi connectivity index (χ1v) is 6.21. The minimum atomic E-state index is -0.502. The van der Waals surface area contributed by atoms with Crippen molar-refractivity contribution in [3.05, 3.63) is 58.5 Å². The van der Waals surface area contributed by atoms with Gasteiger partial charge in [0.1, 0.15) is 5.76 Å². The highest BCUT2D eigenvalue weighted by Gasteiger charge is 2.06. The molecule has 0 aliphatic carbocycles. The Balaban J connectivity index is 1.81. The molecule has 0 aliphatic rings. The summed E-state index contributed by atoms with van der Waals surface area (Å²) in [6.07, 6.45) is 1.14. The number of aliphatic hydroxyl groups excluding tert-OH is 1. The van der Waals surface area contributed by atoms with Gasteiger partial charge in [-0.15, -0.1) is 0 Å². The number of furan rings is 1. The van der Waals surface area contributed by atoms with Crippen LogP contribution in [0.4, 0.5) is 0 Å². The monoisotopic (exact) mass is 295 g/mol. The maximum atomic E-state index is 9.93. The lowest BCUT2D eigenvalue weighted by atomic mass is 10.1. The molecule has 4 heteroatoms. The molecule has 1 aromatic heterocycles. The summed E-state index contributed by atoms with van der Waals surface area (Å²) in [5, 5.41) is 13.1. The molecule has 0 radical (unpaired) electrons. The quantitative estimate of drug-likeness (QED) is 0.892. The average Bonchev–Trinajstić information content (AvgIpc) is 2.83. The van der Waals surface area contributed by atoms with E-state index < -0.39 is 6.10 Å². The predicted octanol–water partition coefficient (Wildman–Crippen LogP) is 2.87. The van der Waals surface area contributed by atoms with Crippen molar-refractivity contribution in [2.24, 2.45) is 0 Å². The van der Waals surface area contributed by atoms with E-state index in [0.29, 0.717) is 13.1 Å². The molecule has 0 spiro atoms. The van der Waals surface area contributed by atoms with Crippen LogP contribution in [-0.4, -0.2) is 11.7 Å². The summed E-state index contributed by atoms with van der Waals surface area (Å²) in [7, 11) is 0. The molecule has 1 atom stereocenters. The minimum Gasteiger partial charge on any atom is -0.468 e. The fourth-order valence-electron chi connectivity index (χ4n) is 1.55. The van der Waals surface area contributed by atoms with E-state index >= 15 is 0 Å². The second-order valence-electron chi connectivity index (χ2n) is 3.78. The minimum absolute atomic E-state index is 0.502. The van der Waals surface area contributed by atoms with Gasteiger partial charge in [-0.05, 0) is 29.8 Å². The Morgan fingerprint density at radius 1 is 1.24 bits per heavy atom. The lowest BCUT2D eigenvalue weighted by Crippen LogP contribution is -2.20. The molecule has 0 amide bonds. The summed E-state index contributed by atoms with van der Waals surface area (Å²) in [5.41, 5.74) is 0.903. The van der Waals surface area contributed by atoms with Crippen molar-refractivity contribution in [3.63, 3.8) is 0 Å². The van der Waals surface area contributed by atoms with Crippen LogP contribution in [0.1, 0.15) is 17.4 Å². The number of hydrogen-bond acceptors (Lipinski definition) is 3. The smallest absolute Gasteiger partial charge is 0.117 e. The van der Waals surface area contributed by atoms with E-state index in [1.165, 1.54) is 0 Å². The second kappa shape index (κ2) is 6.00. The van der Waals surface area contributed by atoms with E-state index in [0.717, 1.165) is 15.8 Å². The van der Waals surface area contributed by atoms with E-state index in [1.807, 2.05) is 36.4 Å². The lowest BCUT2D eigenvalue weighted by molar-refractivity contribution is 0.173. The number of halogens is 1. The van der Waals surface area contributed by atoms with Crippen LogP contribution in [0.3, 0.4) is 0 Å². The topological polar surface area (TPSA) is 45.4 Å². The number of rotatable bonds is 5. The van der Waals surface area contributed by atoms with Crippen LogP contribution in [0.2, 0.25) is 0 Å². The maximum Gasteiger partial charge on any atom is 0.117 e. The number of hydrogen-bond donors (Lipinski definition) is 2. The van der Waals surface area contributed by atoms with Crippen LogP contribution in [0.5, 0.6) is 0 Å². The van der Waals surface area contributed by atoms with Gasteiger partial charge in [-0.25, -0.2) is 0 Å². The molecule has 0 bridgehead atoms. The van der Waals surface area contributed by atoms with E-state index in [-0.39, 0.29) is 0 Å². The van der Waals surface area contributed by atoms with Crippen molar-refractivity contribution in [2.45, 2.75) is 12.6 Å². The van der Waals surface area contributed by atoms with Crippen LogP contribution < -0.4 is 5.32 Å². The molecule has 0 saturated heterocycles. The Labute approximate surface area is 109 Å². The zero-order chi connectivity index (χ0) is 12.1. The van der Waals surface area contributed by atoms with E-state index in [2.05, 4.69) is 21.2 Å². The summed E-state index contributed by atoms with van der Waals surface area (Å²) in [4.78, 5) is 0. The SMILES string of the molecule is OC(CNCc1ccco1)c1ccc(Br)cc1. The highest BCUT2D eigenvalue weighted by molar-refractivity contribution is 9.10. The highest BCUT2D eigenvalue weighted by Crippen LogP contribution is 2.16. The van der Waals surface area contributed by atoms with E-state index in [4.69, 9.17) is 4.42 Å². The van der Waals surface area contributed by atoms with Gasteiger partial charge in [0.25, 0.3) is 0 Å². The van der Waals surface area contributed by atoms with E-state index in [9.17, 15) is 5.11 Å². The molecule has 2 rings (SSSR count). The molecule has 0 saturated carbocycles. The third kappa shape index (κ3) is 3.70. The third-order valence-corrected chi connectivity index (χ3v) is 3.00. The Morgan fingerprint density at radius 2 is 2.00 bits per heavy atom. The first kappa shape index (κ1) is 12.4. The molecule has 17 heavy (non-hydrogen) atoms. The number of nitrogens with one attached hydrogen (secondary N) is 1. The first-order chi connectivity index (χ1) is 8.25. The molecular formula is C13H14BrNO2. The number of benzene rings is 1. The molecule has 1 heterocycles. The fourth-order valence-corrected chi connectivity index (χ4v) is 1.81. The van der Waals surface area contributed by atoms with E-state index in [1.54, 1.807) is 6.26 Å².